The predicted molar refractivity (Wildman–Crippen MR) is 93.0 cm³/mol. The highest BCUT2D eigenvalue weighted by atomic mass is 16.7. The second-order valence-corrected chi connectivity index (χ2v) is 6.99. The van der Waals surface area contributed by atoms with Crippen molar-refractivity contribution in [1.29, 1.82) is 0 Å². The molecule has 1 fully saturated rings. The Labute approximate surface area is 159 Å². The zero-order valence-electron chi connectivity index (χ0n) is 14.8. The lowest BCUT2D eigenvalue weighted by molar-refractivity contribution is -0.141. The third-order valence-corrected chi connectivity index (χ3v) is 5.61. The number of aromatic hydroxyl groups is 2. The van der Waals surface area contributed by atoms with Crippen LogP contribution in [0, 0.1) is 11.8 Å². The van der Waals surface area contributed by atoms with Gasteiger partial charge in [0, 0.05) is 11.5 Å². The van der Waals surface area contributed by atoms with E-state index in [4.69, 9.17) is 18.9 Å². The van der Waals surface area contributed by atoms with Crippen molar-refractivity contribution in [1.82, 2.24) is 0 Å². The Bertz CT molecular complexity index is 1030. The van der Waals surface area contributed by atoms with Gasteiger partial charge in [-0.2, -0.15) is 0 Å². The number of phenolic OH excluding ortho intramolecular Hbond substituents is 2. The van der Waals surface area contributed by atoms with E-state index < -0.39 is 29.5 Å². The molecule has 0 aromatic heterocycles. The fraction of sp³-hybridized carbons (Fsp3) is 0.300. The number of ketones is 1. The molecule has 2 aliphatic heterocycles. The molecule has 0 radical (unpaired) electrons. The predicted octanol–water partition coefficient (Wildman–Crippen LogP) is 1.95. The highest BCUT2D eigenvalue weighted by molar-refractivity contribution is 6.05. The zero-order valence-corrected chi connectivity index (χ0v) is 14.8. The summed E-state index contributed by atoms with van der Waals surface area (Å²) >= 11 is 0. The Hall–Kier alpha value is -3.42. The molecule has 1 saturated heterocycles. The van der Waals surface area contributed by atoms with E-state index in [2.05, 4.69) is 0 Å². The monoisotopic (exact) mass is 384 g/mol. The molecule has 0 bridgehead atoms. The average Bonchev–Trinajstić information content (AvgIpc) is 3.30. The normalized spacial score (nSPS) is 24.5. The van der Waals surface area contributed by atoms with Gasteiger partial charge in [-0.05, 0) is 35.4 Å². The van der Waals surface area contributed by atoms with Gasteiger partial charge in [-0.1, -0.05) is 0 Å². The van der Waals surface area contributed by atoms with Crippen molar-refractivity contribution in [2.24, 2.45) is 11.8 Å². The topological polar surface area (TPSA) is 112 Å². The second kappa shape index (κ2) is 5.79. The molecule has 2 heterocycles. The van der Waals surface area contributed by atoms with Gasteiger partial charge in [0.05, 0.1) is 18.9 Å². The van der Waals surface area contributed by atoms with Crippen LogP contribution in [0.4, 0.5) is 0 Å². The summed E-state index contributed by atoms with van der Waals surface area (Å²) in [5, 5.41) is 20.1. The summed E-state index contributed by atoms with van der Waals surface area (Å²) in [7, 11) is 1.36. The first-order valence-electron chi connectivity index (χ1n) is 8.74. The van der Waals surface area contributed by atoms with Crippen LogP contribution >= 0.6 is 0 Å². The molecule has 2 aromatic carbocycles. The quantitative estimate of drug-likeness (QED) is 0.597. The zero-order chi connectivity index (χ0) is 19.6. The van der Waals surface area contributed by atoms with E-state index in [0.29, 0.717) is 28.2 Å². The summed E-state index contributed by atoms with van der Waals surface area (Å²) in [6, 6.07) is 6.24. The number of Topliss-reactive ketones (excluding diaryl/α,β-unsaturated/α-hetero) is 1. The highest BCUT2D eigenvalue weighted by Gasteiger charge is 2.52. The van der Waals surface area contributed by atoms with E-state index >= 15 is 0 Å². The summed E-state index contributed by atoms with van der Waals surface area (Å²) in [5.41, 5.74) is 1.54. The molecule has 8 nitrogen and oxygen atoms in total. The number of benzene rings is 2. The molecule has 1 aliphatic carbocycles. The molecule has 2 aromatic rings. The molecular weight excluding hydrogens is 368 g/mol. The molecule has 8 heteroatoms. The van der Waals surface area contributed by atoms with E-state index in [1.165, 1.54) is 13.2 Å². The number of hydrogen-bond donors (Lipinski definition) is 2. The van der Waals surface area contributed by atoms with Gasteiger partial charge < -0.3 is 29.2 Å². The standard InChI is InChI=1S/C20H16O8/c1-25-15-3-8(2-12(21)19(15)23)16-9-4-13-14(28-7-27-13)5-10(9)18(22)11-6-26-20(24)17(11)16/h2-5,11,16-17,21,23H,6-7H2,1H3/t11-,16+,17-/m0/s1. The van der Waals surface area contributed by atoms with Gasteiger partial charge in [-0.15, -0.1) is 0 Å². The number of phenols is 2. The SMILES string of the molecule is COc1cc([C@@H]2c3cc4c(cc3C(=O)[C@H]3COC(=O)[C@H]23)OCO4)cc(O)c1O. The van der Waals surface area contributed by atoms with Gasteiger partial charge >= 0.3 is 5.97 Å². The van der Waals surface area contributed by atoms with Gasteiger partial charge in [0.1, 0.15) is 6.61 Å². The number of methoxy groups -OCH3 is 1. The molecule has 0 amide bonds. The van der Waals surface area contributed by atoms with Crippen LogP contribution in [0.3, 0.4) is 0 Å². The van der Waals surface area contributed by atoms with Crippen molar-refractivity contribution in [3.05, 3.63) is 41.0 Å². The van der Waals surface area contributed by atoms with Crippen molar-refractivity contribution in [3.8, 4) is 28.7 Å². The van der Waals surface area contributed by atoms with E-state index in [-0.39, 0.29) is 30.7 Å². The highest BCUT2D eigenvalue weighted by Crippen LogP contribution is 2.52. The van der Waals surface area contributed by atoms with E-state index in [1.54, 1.807) is 18.2 Å². The van der Waals surface area contributed by atoms with Gasteiger partial charge in [-0.3, -0.25) is 9.59 Å². The molecule has 28 heavy (non-hydrogen) atoms. The lowest BCUT2D eigenvalue weighted by Crippen LogP contribution is -2.36. The smallest absolute Gasteiger partial charge is 0.310 e. The van der Waals surface area contributed by atoms with Crippen LogP contribution in [0.1, 0.15) is 27.4 Å². The average molecular weight is 384 g/mol. The van der Waals surface area contributed by atoms with Crippen LogP contribution in [-0.2, 0) is 9.53 Å². The number of hydrogen-bond acceptors (Lipinski definition) is 8. The van der Waals surface area contributed by atoms with Crippen LogP contribution in [0.5, 0.6) is 28.7 Å². The molecule has 144 valence electrons. The molecule has 3 aliphatic rings. The molecule has 0 unspecified atom stereocenters. The number of carbonyl (C=O) groups excluding carboxylic acids is 2. The lowest BCUT2D eigenvalue weighted by atomic mass is 9.67. The van der Waals surface area contributed by atoms with Crippen LogP contribution in [0.15, 0.2) is 24.3 Å². The largest absolute Gasteiger partial charge is 0.504 e. The minimum absolute atomic E-state index is 0.00785. The van der Waals surface area contributed by atoms with Crippen molar-refractivity contribution in [3.63, 3.8) is 0 Å². The maximum Gasteiger partial charge on any atom is 0.310 e. The molecular formula is C20H16O8. The van der Waals surface area contributed by atoms with Crippen molar-refractivity contribution in [2.45, 2.75) is 5.92 Å². The van der Waals surface area contributed by atoms with Gasteiger partial charge in [0.15, 0.2) is 28.8 Å². The maximum atomic E-state index is 13.0. The van der Waals surface area contributed by atoms with Crippen molar-refractivity contribution < 1.29 is 38.7 Å². The lowest BCUT2D eigenvalue weighted by Gasteiger charge is -2.32. The Kier molecular flexibility index (Phi) is 3.46. The third-order valence-electron chi connectivity index (χ3n) is 5.61. The summed E-state index contributed by atoms with van der Waals surface area (Å²) < 4.78 is 21.2. The first kappa shape index (κ1) is 16.7. The van der Waals surface area contributed by atoms with Crippen LogP contribution in [-0.4, -0.2) is 42.5 Å². The van der Waals surface area contributed by atoms with Gasteiger partial charge in [0.25, 0.3) is 0 Å². The number of cyclic esters (lactones) is 1. The molecule has 2 N–H and O–H groups in total. The third kappa shape index (κ3) is 2.17. The number of esters is 1. The fourth-order valence-corrected chi connectivity index (χ4v) is 4.30. The molecule has 5 rings (SSSR count). The van der Waals surface area contributed by atoms with Crippen LogP contribution in [0.2, 0.25) is 0 Å². The number of ether oxygens (including phenoxy) is 4. The Morgan fingerprint density at radius 2 is 1.79 bits per heavy atom. The molecule has 3 atom stereocenters. The van der Waals surface area contributed by atoms with Gasteiger partial charge in [-0.25, -0.2) is 0 Å². The number of carbonyl (C=O) groups is 2. The summed E-state index contributed by atoms with van der Waals surface area (Å²) in [6.45, 7) is 0.0632. The van der Waals surface area contributed by atoms with Gasteiger partial charge in [0.2, 0.25) is 12.5 Å². The minimum Gasteiger partial charge on any atom is -0.504 e. The Balaban J connectivity index is 1.76. The summed E-state index contributed by atoms with van der Waals surface area (Å²) in [4.78, 5) is 25.5. The second-order valence-electron chi connectivity index (χ2n) is 6.99. The van der Waals surface area contributed by atoms with Crippen molar-refractivity contribution >= 4 is 11.8 Å². The molecule has 0 saturated carbocycles. The molecule has 0 spiro atoms. The fourth-order valence-electron chi connectivity index (χ4n) is 4.30. The Morgan fingerprint density at radius 3 is 2.54 bits per heavy atom. The van der Waals surface area contributed by atoms with E-state index in [0.717, 1.165) is 0 Å². The van der Waals surface area contributed by atoms with E-state index in [9.17, 15) is 19.8 Å². The van der Waals surface area contributed by atoms with E-state index in [1.807, 2.05) is 0 Å². The number of rotatable bonds is 2. The van der Waals surface area contributed by atoms with Crippen LogP contribution in [0.25, 0.3) is 0 Å². The number of fused-ring (bicyclic) bond motifs is 3. The first-order valence-corrected chi connectivity index (χ1v) is 8.74. The first-order chi connectivity index (χ1) is 13.5. The summed E-state index contributed by atoms with van der Waals surface area (Å²) in [6.07, 6.45) is 0. The maximum absolute atomic E-state index is 13.0. The minimum atomic E-state index is -0.742. The summed E-state index contributed by atoms with van der Waals surface area (Å²) in [5.74, 6) is -2.36. The Morgan fingerprint density at radius 1 is 1.04 bits per heavy atom. The van der Waals surface area contributed by atoms with Crippen molar-refractivity contribution in [2.75, 3.05) is 20.5 Å². The van der Waals surface area contributed by atoms with Crippen LogP contribution < -0.4 is 14.2 Å².